The molecule has 2 aromatic rings. The molecule has 0 spiro atoms. The van der Waals surface area contributed by atoms with Crippen LogP contribution in [0.1, 0.15) is 17.0 Å². The number of amides is 1. The molecule has 1 aromatic heterocycles. The first-order valence-electron chi connectivity index (χ1n) is 8.33. The molecule has 136 valence electrons. The molecule has 1 aliphatic rings. The van der Waals surface area contributed by atoms with E-state index in [0.29, 0.717) is 30.9 Å². The van der Waals surface area contributed by atoms with Crippen molar-refractivity contribution in [3.05, 3.63) is 29.8 Å². The zero-order chi connectivity index (χ0) is 17.8. The minimum atomic E-state index is -0.377. The maximum Gasteiger partial charge on any atom is 0.287 e. The topological polar surface area (TPSA) is 79.5 Å². The fourth-order valence-electron chi connectivity index (χ4n) is 2.77. The number of nitrogens with one attached hydrogen (secondary N) is 2. The van der Waals surface area contributed by atoms with Crippen LogP contribution < -0.4 is 5.32 Å². The Labute approximate surface area is 145 Å². The van der Waals surface area contributed by atoms with Crippen LogP contribution in [0.4, 0.5) is 4.39 Å². The molecular formula is C17H23FN4O3. The Hall–Kier alpha value is -2.03. The number of nitrogens with zero attached hydrogens (tertiary/aromatic N) is 2. The molecule has 0 aliphatic carbocycles. The predicted octanol–water partition coefficient (Wildman–Crippen LogP) is 1.17. The molecule has 0 radical (unpaired) electrons. The lowest BCUT2D eigenvalue weighted by molar-refractivity contribution is -0.0562. The molecule has 7 nitrogen and oxygen atoms in total. The lowest BCUT2D eigenvalue weighted by Gasteiger charge is -2.32. The summed E-state index contributed by atoms with van der Waals surface area (Å²) in [5.41, 5.74) is 1.04. The zero-order valence-electron chi connectivity index (χ0n) is 14.4. The van der Waals surface area contributed by atoms with Gasteiger partial charge in [0.2, 0.25) is 0 Å². The number of halogens is 1. The van der Waals surface area contributed by atoms with Crippen molar-refractivity contribution in [2.75, 3.05) is 40.5 Å². The Kier molecular flexibility index (Phi) is 5.62. The Morgan fingerprint density at radius 2 is 2.36 bits per heavy atom. The maximum atomic E-state index is 13.3. The second-order valence-corrected chi connectivity index (χ2v) is 6.40. The van der Waals surface area contributed by atoms with E-state index in [4.69, 9.17) is 9.47 Å². The molecule has 0 bridgehead atoms. The van der Waals surface area contributed by atoms with E-state index in [2.05, 4.69) is 15.3 Å². The zero-order valence-corrected chi connectivity index (χ0v) is 14.4. The number of benzene rings is 1. The SMILES string of the molecule is CN(C)CCO[C@@H]1CCOC[C@@H]1NC(=O)c1nc2ccc(F)cc2[nH]1. The second-order valence-electron chi connectivity index (χ2n) is 6.40. The molecule has 1 fully saturated rings. The van der Waals surface area contributed by atoms with Gasteiger partial charge < -0.3 is 24.7 Å². The van der Waals surface area contributed by atoms with Crippen LogP contribution in [0.15, 0.2) is 18.2 Å². The van der Waals surface area contributed by atoms with E-state index < -0.39 is 0 Å². The van der Waals surface area contributed by atoms with Gasteiger partial charge in [-0.1, -0.05) is 0 Å². The molecule has 1 aromatic carbocycles. The van der Waals surface area contributed by atoms with Gasteiger partial charge in [-0.05, 0) is 38.7 Å². The highest BCUT2D eigenvalue weighted by molar-refractivity contribution is 5.94. The van der Waals surface area contributed by atoms with E-state index in [-0.39, 0.29) is 29.7 Å². The molecule has 1 saturated heterocycles. The molecule has 3 rings (SSSR count). The van der Waals surface area contributed by atoms with Crippen LogP contribution in [-0.2, 0) is 9.47 Å². The van der Waals surface area contributed by atoms with Crippen LogP contribution in [0, 0.1) is 5.82 Å². The van der Waals surface area contributed by atoms with Gasteiger partial charge in [-0.25, -0.2) is 9.37 Å². The van der Waals surface area contributed by atoms with Gasteiger partial charge in [-0.15, -0.1) is 0 Å². The smallest absolute Gasteiger partial charge is 0.287 e. The van der Waals surface area contributed by atoms with Gasteiger partial charge in [0.1, 0.15) is 5.82 Å². The van der Waals surface area contributed by atoms with Gasteiger partial charge in [-0.3, -0.25) is 4.79 Å². The van der Waals surface area contributed by atoms with Gasteiger partial charge in [-0.2, -0.15) is 0 Å². The summed E-state index contributed by atoms with van der Waals surface area (Å²) >= 11 is 0. The van der Waals surface area contributed by atoms with Gasteiger partial charge >= 0.3 is 0 Å². The van der Waals surface area contributed by atoms with Crippen LogP contribution in [0.2, 0.25) is 0 Å². The number of H-pyrrole nitrogens is 1. The number of hydrogen-bond donors (Lipinski definition) is 2. The third-order valence-electron chi connectivity index (χ3n) is 4.14. The molecule has 0 unspecified atom stereocenters. The van der Waals surface area contributed by atoms with Crippen molar-refractivity contribution >= 4 is 16.9 Å². The summed E-state index contributed by atoms with van der Waals surface area (Å²) in [4.78, 5) is 21.6. The van der Waals surface area contributed by atoms with Crippen molar-refractivity contribution in [3.8, 4) is 0 Å². The molecule has 1 aliphatic heterocycles. The highest BCUT2D eigenvalue weighted by atomic mass is 19.1. The number of likely N-dealkylation sites (N-methyl/N-ethyl adjacent to an activating group) is 1. The number of carbonyl (C=O) groups is 1. The van der Waals surface area contributed by atoms with E-state index in [9.17, 15) is 9.18 Å². The highest BCUT2D eigenvalue weighted by Gasteiger charge is 2.29. The molecule has 0 saturated carbocycles. The van der Waals surface area contributed by atoms with E-state index in [1.165, 1.54) is 18.2 Å². The fourth-order valence-corrected chi connectivity index (χ4v) is 2.77. The van der Waals surface area contributed by atoms with Gasteiger partial charge in [0, 0.05) is 13.2 Å². The summed E-state index contributed by atoms with van der Waals surface area (Å²) in [6.45, 7) is 2.41. The van der Waals surface area contributed by atoms with Gasteiger partial charge in [0.25, 0.3) is 5.91 Å². The first-order valence-corrected chi connectivity index (χ1v) is 8.33. The number of ether oxygens (including phenoxy) is 2. The number of imidazole rings is 1. The van der Waals surface area contributed by atoms with Crippen molar-refractivity contribution in [2.45, 2.75) is 18.6 Å². The molecule has 8 heteroatoms. The fraction of sp³-hybridized carbons (Fsp3) is 0.529. The normalized spacial score (nSPS) is 21.0. The average molecular weight is 350 g/mol. The van der Waals surface area contributed by atoms with Crippen molar-refractivity contribution in [1.29, 1.82) is 0 Å². The summed E-state index contributed by atoms with van der Waals surface area (Å²) in [5, 5.41) is 2.91. The monoisotopic (exact) mass is 350 g/mol. The average Bonchev–Trinajstić information content (AvgIpc) is 2.99. The van der Waals surface area contributed by atoms with Crippen LogP contribution in [0.3, 0.4) is 0 Å². The molecule has 2 atom stereocenters. The Morgan fingerprint density at radius 3 is 3.16 bits per heavy atom. The van der Waals surface area contributed by atoms with Crippen molar-refractivity contribution in [2.24, 2.45) is 0 Å². The number of carbonyl (C=O) groups excluding carboxylic acids is 1. The maximum absolute atomic E-state index is 13.3. The molecule has 2 heterocycles. The van der Waals surface area contributed by atoms with Crippen LogP contribution in [0.25, 0.3) is 11.0 Å². The van der Waals surface area contributed by atoms with Gasteiger partial charge in [0.15, 0.2) is 5.82 Å². The number of hydrogen-bond acceptors (Lipinski definition) is 5. The van der Waals surface area contributed by atoms with Crippen LogP contribution >= 0.6 is 0 Å². The van der Waals surface area contributed by atoms with Crippen molar-refractivity contribution in [1.82, 2.24) is 20.2 Å². The summed E-state index contributed by atoms with van der Waals surface area (Å²) < 4.78 is 24.6. The largest absolute Gasteiger partial charge is 0.379 e. The third kappa shape index (κ3) is 4.53. The number of rotatable bonds is 6. The number of aromatic amines is 1. The quantitative estimate of drug-likeness (QED) is 0.818. The predicted molar refractivity (Wildman–Crippen MR) is 91.0 cm³/mol. The van der Waals surface area contributed by atoms with Crippen LogP contribution in [-0.4, -0.2) is 73.4 Å². The first-order chi connectivity index (χ1) is 12.0. The third-order valence-corrected chi connectivity index (χ3v) is 4.14. The standard InChI is InChI=1S/C17H23FN4O3/c1-22(2)6-8-25-15-5-7-24-10-14(15)21-17(23)16-19-12-4-3-11(18)9-13(12)20-16/h3-4,9,14-15H,5-8,10H2,1-2H3,(H,19,20)(H,21,23)/t14-,15+/m0/s1. The minimum absolute atomic E-state index is 0.0977. The summed E-state index contributed by atoms with van der Waals surface area (Å²) in [7, 11) is 3.97. The highest BCUT2D eigenvalue weighted by Crippen LogP contribution is 2.15. The lowest BCUT2D eigenvalue weighted by Crippen LogP contribution is -2.51. The molecule has 1 amide bonds. The lowest BCUT2D eigenvalue weighted by atomic mass is 10.1. The molecule has 25 heavy (non-hydrogen) atoms. The van der Waals surface area contributed by atoms with Crippen LogP contribution in [0.5, 0.6) is 0 Å². The van der Waals surface area contributed by atoms with Crippen molar-refractivity contribution < 1.29 is 18.7 Å². The van der Waals surface area contributed by atoms with Crippen molar-refractivity contribution in [3.63, 3.8) is 0 Å². The number of fused-ring (bicyclic) bond motifs is 1. The summed E-state index contributed by atoms with van der Waals surface area (Å²) in [6, 6.07) is 3.92. The molecular weight excluding hydrogens is 327 g/mol. The van der Waals surface area contributed by atoms with E-state index in [1.807, 2.05) is 19.0 Å². The number of aromatic nitrogens is 2. The first kappa shape index (κ1) is 17.8. The Morgan fingerprint density at radius 1 is 1.52 bits per heavy atom. The van der Waals surface area contributed by atoms with E-state index in [0.717, 1.165) is 13.0 Å². The Bertz CT molecular complexity index is 734. The van der Waals surface area contributed by atoms with Gasteiger partial charge in [0.05, 0.1) is 36.4 Å². The summed E-state index contributed by atoms with van der Waals surface area (Å²) in [6.07, 6.45) is 0.628. The van der Waals surface area contributed by atoms with E-state index >= 15 is 0 Å². The Balaban J connectivity index is 1.64. The second kappa shape index (κ2) is 7.90. The van der Waals surface area contributed by atoms with E-state index in [1.54, 1.807) is 0 Å². The molecule has 2 N–H and O–H groups in total. The summed E-state index contributed by atoms with van der Waals surface area (Å²) in [5.74, 6) is -0.579. The minimum Gasteiger partial charge on any atom is -0.379 e.